The van der Waals surface area contributed by atoms with Crippen LogP contribution in [0, 0.1) is 6.92 Å². The van der Waals surface area contributed by atoms with E-state index in [1.807, 2.05) is 13.0 Å². The molecule has 1 heterocycles. The zero-order chi connectivity index (χ0) is 12.8. The first-order valence-electron chi connectivity index (χ1n) is 6.87. The molecule has 1 aliphatic heterocycles. The molecule has 0 radical (unpaired) electrons. The lowest BCUT2D eigenvalue weighted by atomic mass is 10.1. The van der Waals surface area contributed by atoms with E-state index in [2.05, 4.69) is 24.4 Å². The highest BCUT2D eigenvalue weighted by molar-refractivity contribution is 5.54. The van der Waals surface area contributed by atoms with Gasteiger partial charge in [0.2, 0.25) is 0 Å². The van der Waals surface area contributed by atoms with Crippen LogP contribution in [0.4, 0.5) is 5.69 Å². The minimum absolute atomic E-state index is 0.532. The number of aryl methyl sites for hydroxylation is 1. The minimum Gasteiger partial charge on any atom is -0.494 e. The Balaban J connectivity index is 1.99. The monoisotopic (exact) mass is 249 g/mol. The second-order valence-corrected chi connectivity index (χ2v) is 4.79. The molecule has 100 valence electrons. The SMILES string of the molecule is CCOc1ccc(NC2CCCOCC2)c(C)c1. The van der Waals surface area contributed by atoms with Crippen LogP contribution in [-0.2, 0) is 4.74 Å². The van der Waals surface area contributed by atoms with Gasteiger partial charge in [-0.25, -0.2) is 0 Å². The molecule has 1 fully saturated rings. The number of rotatable bonds is 4. The maximum atomic E-state index is 5.50. The second-order valence-electron chi connectivity index (χ2n) is 4.79. The first-order valence-corrected chi connectivity index (χ1v) is 6.87. The Morgan fingerprint density at radius 2 is 2.22 bits per heavy atom. The largest absolute Gasteiger partial charge is 0.494 e. The van der Waals surface area contributed by atoms with Gasteiger partial charge in [-0.05, 0) is 56.9 Å². The summed E-state index contributed by atoms with van der Waals surface area (Å²) in [7, 11) is 0. The summed E-state index contributed by atoms with van der Waals surface area (Å²) >= 11 is 0. The highest BCUT2D eigenvalue weighted by Gasteiger charge is 2.13. The van der Waals surface area contributed by atoms with Crippen LogP contribution >= 0.6 is 0 Å². The molecule has 2 rings (SSSR count). The molecule has 1 saturated heterocycles. The van der Waals surface area contributed by atoms with Gasteiger partial charge in [0.25, 0.3) is 0 Å². The molecular weight excluding hydrogens is 226 g/mol. The molecule has 1 unspecified atom stereocenters. The van der Waals surface area contributed by atoms with Crippen molar-refractivity contribution in [2.45, 2.75) is 39.2 Å². The molecule has 0 aliphatic carbocycles. The normalized spacial score (nSPS) is 20.2. The maximum Gasteiger partial charge on any atom is 0.119 e. The van der Waals surface area contributed by atoms with Crippen LogP contribution in [-0.4, -0.2) is 25.9 Å². The van der Waals surface area contributed by atoms with Gasteiger partial charge in [-0.15, -0.1) is 0 Å². The number of ether oxygens (including phenoxy) is 2. The lowest BCUT2D eigenvalue weighted by Crippen LogP contribution is -2.20. The van der Waals surface area contributed by atoms with E-state index in [0.29, 0.717) is 12.6 Å². The molecular formula is C15H23NO2. The van der Waals surface area contributed by atoms with Gasteiger partial charge in [-0.2, -0.15) is 0 Å². The number of nitrogens with one attached hydrogen (secondary N) is 1. The van der Waals surface area contributed by atoms with E-state index >= 15 is 0 Å². The van der Waals surface area contributed by atoms with E-state index in [-0.39, 0.29) is 0 Å². The van der Waals surface area contributed by atoms with Crippen molar-refractivity contribution in [3.63, 3.8) is 0 Å². The molecule has 3 nitrogen and oxygen atoms in total. The fraction of sp³-hybridized carbons (Fsp3) is 0.600. The fourth-order valence-corrected chi connectivity index (χ4v) is 2.32. The average molecular weight is 249 g/mol. The molecule has 0 bridgehead atoms. The summed E-state index contributed by atoms with van der Waals surface area (Å²) in [4.78, 5) is 0. The smallest absolute Gasteiger partial charge is 0.119 e. The van der Waals surface area contributed by atoms with E-state index in [4.69, 9.17) is 9.47 Å². The Hall–Kier alpha value is -1.22. The zero-order valence-electron chi connectivity index (χ0n) is 11.4. The number of hydrogen-bond acceptors (Lipinski definition) is 3. The average Bonchev–Trinajstić information content (AvgIpc) is 2.62. The van der Waals surface area contributed by atoms with Crippen LogP contribution in [0.15, 0.2) is 18.2 Å². The van der Waals surface area contributed by atoms with Gasteiger partial charge in [0, 0.05) is 24.9 Å². The first kappa shape index (κ1) is 13.2. The van der Waals surface area contributed by atoms with E-state index < -0.39 is 0 Å². The zero-order valence-corrected chi connectivity index (χ0v) is 11.4. The fourth-order valence-electron chi connectivity index (χ4n) is 2.32. The van der Waals surface area contributed by atoms with Crippen LogP contribution < -0.4 is 10.1 Å². The van der Waals surface area contributed by atoms with Crippen molar-refractivity contribution in [1.82, 2.24) is 0 Å². The lowest BCUT2D eigenvalue weighted by Gasteiger charge is -2.19. The van der Waals surface area contributed by atoms with Gasteiger partial charge in [-0.3, -0.25) is 0 Å². The quantitative estimate of drug-likeness (QED) is 0.887. The van der Waals surface area contributed by atoms with Gasteiger partial charge < -0.3 is 14.8 Å². The summed E-state index contributed by atoms with van der Waals surface area (Å²) < 4.78 is 11.0. The predicted octanol–water partition coefficient (Wildman–Crippen LogP) is 3.37. The Bertz CT molecular complexity index is 371. The van der Waals surface area contributed by atoms with Gasteiger partial charge in [0.1, 0.15) is 5.75 Å². The Labute approximate surface area is 109 Å². The Morgan fingerprint density at radius 3 is 3.00 bits per heavy atom. The molecule has 1 aromatic rings. The van der Waals surface area contributed by atoms with Crippen molar-refractivity contribution < 1.29 is 9.47 Å². The van der Waals surface area contributed by atoms with Crippen LogP contribution in [0.2, 0.25) is 0 Å². The third-order valence-electron chi connectivity index (χ3n) is 3.32. The number of anilines is 1. The molecule has 18 heavy (non-hydrogen) atoms. The van der Waals surface area contributed by atoms with Crippen molar-refractivity contribution in [2.24, 2.45) is 0 Å². The van der Waals surface area contributed by atoms with E-state index in [9.17, 15) is 0 Å². The summed E-state index contributed by atoms with van der Waals surface area (Å²) in [6, 6.07) is 6.78. The van der Waals surface area contributed by atoms with Gasteiger partial charge in [0.05, 0.1) is 6.61 Å². The molecule has 1 aliphatic rings. The topological polar surface area (TPSA) is 30.5 Å². The lowest BCUT2D eigenvalue weighted by molar-refractivity contribution is 0.144. The van der Waals surface area contributed by atoms with Crippen molar-refractivity contribution in [1.29, 1.82) is 0 Å². The van der Waals surface area contributed by atoms with Crippen LogP contribution in [0.1, 0.15) is 31.7 Å². The Morgan fingerprint density at radius 1 is 1.33 bits per heavy atom. The predicted molar refractivity (Wildman–Crippen MR) is 74.4 cm³/mol. The Kier molecular flexibility index (Phi) is 4.88. The molecule has 3 heteroatoms. The third kappa shape index (κ3) is 3.64. The molecule has 0 aromatic heterocycles. The molecule has 1 aromatic carbocycles. The number of hydrogen-bond donors (Lipinski definition) is 1. The summed E-state index contributed by atoms with van der Waals surface area (Å²) in [5.74, 6) is 0.949. The molecule has 1 N–H and O–H groups in total. The summed E-state index contributed by atoms with van der Waals surface area (Å²) in [5.41, 5.74) is 2.46. The van der Waals surface area contributed by atoms with Crippen LogP contribution in [0.5, 0.6) is 5.75 Å². The minimum atomic E-state index is 0.532. The van der Waals surface area contributed by atoms with Crippen molar-refractivity contribution in [3.8, 4) is 5.75 Å². The summed E-state index contributed by atoms with van der Waals surface area (Å²) in [6.07, 6.45) is 3.42. The van der Waals surface area contributed by atoms with Crippen molar-refractivity contribution in [2.75, 3.05) is 25.1 Å². The number of benzene rings is 1. The van der Waals surface area contributed by atoms with Gasteiger partial charge in [0.15, 0.2) is 0 Å². The summed E-state index contributed by atoms with van der Waals surface area (Å²) in [5, 5.41) is 3.62. The van der Waals surface area contributed by atoms with Gasteiger partial charge >= 0.3 is 0 Å². The molecule has 1 atom stereocenters. The third-order valence-corrected chi connectivity index (χ3v) is 3.32. The van der Waals surface area contributed by atoms with E-state index in [1.165, 1.54) is 17.7 Å². The van der Waals surface area contributed by atoms with Crippen molar-refractivity contribution in [3.05, 3.63) is 23.8 Å². The van der Waals surface area contributed by atoms with Crippen molar-refractivity contribution >= 4 is 5.69 Å². The maximum absolute atomic E-state index is 5.50. The van der Waals surface area contributed by atoms with E-state index in [0.717, 1.165) is 31.8 Å². The second kappa shape index (κ2) is 6.64. The van der Waals surface area contributed by atoms with Crippen LogP contribution in [0.3, 0.4) is 0 Å². The van der Waals surface area contributed by atoms with E-state index in [1.54, 1.807) is 0 Å². The van der Waals surface area contributed by atoms with Gasteiger partial charge in [-0.1, -0.05) is 0 Å². The molecule has 0 spiro atoms. The molecule has 0 saturated carbocycles. The summed E-state index contributed by atoms with van der Waals surface area (Å²) in [6.45, 7) is 6.62. The first-order chi connectivity index (χ1) is 8.79. The highest BCUT2D eigenvalue weighted by atomic mass is 16.5. The highest BCUT2D eigenvalue weighted by Crippen LogP contribution is 2.23. The standard InChI is InChI=1S/C15H23NO2/c1-3-18-14-6-7-15(12(2)11-14)16-13-5-4-9-17-10-8-13/h6-7,11,13,16H,3-5,8-10H2,1-2H3. The van der Waals surface area contributed by atoms with Crippen LogP contribution in [0.25, 0.3) is 0 Å². The molecule has 0 amide bonds.